The summed E-state index contributed by atoms with van der Waals surface area (Å²) in [6, 6.07) is -2.20. The standard InChI is InChI=1S/C66H122N5O35P3/c1-44-57(79)58(80)50(38-72)101-63(44)94-31-9-5-8-22-69-23-16-47(17-24-69)104-107(85,86)98-34-12-29-92-42-66(41-91-4,97-36-37-100-109(89,90)106-49-20-27-71(28-21-49)54(78)15-7-11-33-96-65-56(68-46(3)76)62(84)60(82)52(40-74)103-65)43-93-30-13-35-99-108(87,88)105-48-18-25-70(26-19-48)53(77)14-6-10-32-95-64-55(67-45(2)75)61(83)59(81)51(39-73)102-64/h44,47-52,55-65,72-74,79-84H,5-43H2,1-4H3,(H,67,75)(H,68,76)(H,85,86)(H,87,88)(H,89,90). The number of ether oxygens (including phenoxy) is 10. The Bertz CT molecular complexity index is 2780. The highest BCUT2D eigenvalue weighted by molar-refractivity contribution is 7.48. The number of carbonyl (C=O) groups is 4. The number of rotatable bonds is 51. The second-order valence-electron chi connectivity index (χ2n) is 28.2. The minimum absolute atomic E-state index is 0.0214. The summed E-state index contributed by atoms with van der Waals surface area (Å²) in [4.78, 5) is 87.2. The number of unbranched alkanes of at least 4 members (excludes halogenated alkanes) is 4. The number of carbonyl (C=O) groups excluding carboxylic acids is 4. The predicted octanol–water partition coefficient (Wildman–Crippen LogP) is -1.43. The van der Waals surface area contributed by atoms with Gasteiger partial charge in [-0.3, -0.25) is 46.3 Å². The molecule has 19 unspecified atom stereocenters. The number of aliphatic hydroxyl groups excluding tert-OH is 9. The van der Waals surface area contributed by atoms with E-state index in [0.717, 1.165) is 25.8 Å². The van der Waals surface area contributed by atoms with Gasteiger partial charge in [-0.05, 0) is 103 Å². The fraction of sp³-hybridized carbons (Fsp3) is 0.939. The van der Waals surface area contributed by atoms with Gasteiger partial charge in [0.25, 0.3) is 0 Å². The number of methoxy groups -OCH3 is 1. The Balaban J connectivity index is 0.895. The molecule has 6 heterocycles. The molecule has 0 radical (unpaired) electrons. The van der Waals surface area contributed by atoms with Gasteiger partial charge in [-0.25, -0.2) is 13.7 Å². The summed E-state index contributed by atoms with van der Waals surface area (Å²) in [5.41, 5.74) is -1.41. The first-order chi connectivity index (χ1) is 51.9. The molecule has 0 aromatic heterocycles. The lowest BCUT2D eigenvalue weighted by atomic mass is 9.92. The number of phosphoric ester groups is 3. The third-order valence-electron chi connectivity index (χ3n) is 19.5. The van der Waals surface area contributed by atoms with Crippen LogP contribution in [0.25, 0.3) is 0 Å². The van der Waals surface area contributed by atoms with Gasteiger partial charge in [0, 0.05) is 112 Å². The Labute approximate surface area is 635 Å². The summed E-state index contributed by atoms with van der Waals surface area (Å²) in [5, 5.41) is 95.5. The minimum Gasteiger partial charge on any atom is -0.394 e. The number of piperidine rings is 3. The Morgan fingerprint density at radius 3 is 1.23 bits per heavy atom. The van der Waals surface area contributed by atoms with E-state index in [0.29, 0.717) is 58.2 Å². The molecule has 6 saturated heterocycles. The van der Waals surface area contributed by atoms with Crippen molar-refractivity contribution in [1.29, 1.82) is 0 Å². The number of nitrogens with one attached hydrogen (secondary N) is 2. The molecule has 4 amide bonds. The van der Waals surface area contributed by atoms with Crippen molar-refractivity contribution in [2.24, 2.45) is 5.92 Å². The molecule has 0 aliphatic carbocycles. The fourth-order valence-corrected chi connectivity index (χ4v) is 16.3. The fourth-order valence-electron chi connectivity index (χ4n) is 13.4. The van der Waals surface area contributed by atoms with Crippen molar-refractivity contribution in [3.63, 3.8) is 0 Å². The quantitative estimate of drug-likeness (QED) is 0.0245. The number of hydrogen-bond acceptors (Lipinski definition) is 33. The molecule has 0 aromatic carbocycles. The van der Waals surface area contributed by atoms with Crippen LogP contribution in [0.3, 0.4) is 0 Å². The SMILES string of the molecule is COCC(COCCCOP(=O)(O)OC1CCN(CCCCCOC2OC(CO)C(O)C(O)C2C)CC1)(COCCCOP(=O)(O)OC1CCN(C(=O)CCCCOC2OC(CO)C(O)C(O)C2NC(C)=O)CC1)OCCOP(=O)(O)OC1CCN(C(=O)CCCCOC2OC(CO)C(O)C(O)C2NC(C)=O)CC1. The molecule has 0 aromatic rings. The van der Waals surface area contributed by atoms with Crippen LogP contribution in [0.4, 0.5) is 0 Å². The summed E-state index contributed by atoms with van der Waals surface area (Å²) in [7, 11) is -12.4. The van der Waals surface area contributed by atoms with E-state index in [1.54, 1.807) is 16.7 Å². The van der Waals surface area contributed by atoms with Crippen molar-refractivity contribution in [2.75, 3.05) is 152 Å². The van der Waals surface area contributed by atoms with Crippen molar-refractivity contribution >= 4 is 47.1 Å². The van der Waals surface area contributed by atoms with E-state index in [1.165, 1.54) is 21.0 Å². The molecular weight excluding hydrogens is 1520 g/mol. The van der Waals surface area contributed by atoms with Crippen LogP contribution in [-0.2, 0) is 107 Å². The summed E-state index contributed by atoms with van der Waals surface area (Å²) in [6.07, 6.45) is -9.90. The van der Waals surface area contributed by atoms with Crippen molar-refractivity contribution in [2.45, 2.75) is 240 Å². The van der Waals surface area contributed by atoms with E-state index in [1.807, 2.05) is 0 Å². The third-order valence-corrected chi connectivity index (χ3v) is 22.7. The largest absolute Gasteiger partial charge is 0.472 e. The van der Waals surface area contributed by atoms with Crippen LogP contribution in [0.15, 0.2) is 0 Å². The molecule has 40 nitrogen and oxygen atoms in total. The maximum Gasteiger partial charge on any atom is 0.472 e. The van der Waals surface area contributed by atoms with E-state index in [-0.39, 0.29) is 155 Å². The molecule has 6 aliphatic rings. The van der Waals surface area contributed by atoms with Crippen LogP contribution in [0.2, 0.25) is 0 Å². The molecular formula is C66H122N5O35P3. The second-order valence-corrected chi connectivity index (χ2v) is 32.4. The molecule has 19 atom stereocenters. The van der Waals surface area contributed by atoms with E-state index in [2.05, 4.69) is 15.5 Å². The monoisotopic (exact) mass is 1640 g/mol. The molecule has 0 spiro atoms. The smallest absolute Gasteiger partial charge is 0.394 e. The molecule has 6 rings (SSSR count). The number of nitrogens with zero attached hydrogens (tertiary/aromatic N) is 3. The molecule has 6 fully saturated rings. The topological polar surface area (TPSA) is 544 Å². The minimum atomic E-state index is -4.70. The number of hydrogen-bond donors (Lipinski definition) is 14. The van der Waals surface area contributed by atoms with Crippen LogP contribution in [0.5, 0.6) is 0 Å². The van der Waals surface area contributed by atoms with Gasteiger partial charge in [-0.2, -0.15) is 0 Å². The van der Waals surface area contributed by atoms with Crippen molar-refractivity contribution in [3.8, 4) is 0 Å². The van der Waals surface area contributed by atoms with Crippen LogP contribution < -0.4 is 10.6 Å². The summed E-state index contributed by atoms with van der Waals surface area (Å²) >= 11 is 0. The predicted molar refractivity (Wildman–Crippen MR) is 378 cm³/mol. The Kier molecular flexibility index (Phi) is 42.7. The number of amides is 4. The van der Waals surface area contributed by atoms with Crippen LogP contribution >= 0.6 is 23.5 Å². The molecule has 0 bridgehead atoms. The van der Waals surface area contributed by atoms with Crippen LogP contribution in [0.1, 0.15) is 130 Å². The maximum absolute atomic E-state index is 13.3. The molecule has 0 saturated carbocycles. The molecule has 43 heteroatoms. The van der Waals surface area contributed by atoms with Crippen LogP contribution in [0, 0.1) is 5.92 Å². The Morgan fingerprint density at radius 1 is 0.450 bits per heavy atom. The molecule has 109 heavy (non-hydrogen) atoms. The van der Waals surface area contributed by atoms with Crippen molar-refractivity contribution in [1.82, 2.24) is 25.3 Å². The summed E-state index contributed by atoms with van der Waals surface area (Å²) in [6.45, 7) is 4.10. The van der Waals surface area contributed by atoms with Gasteiger partial charge >= 0.3 is 23.5 Å². The second kappa shape index (κ2) is 48.8. The van der Waals surface area contributed by atoms with Crippen molar-refractivity contribution in [3.05, 3.63) is 0 Å². The molecule has 636 valence electrons. The van der Waals surface area contributed by atoms with Crippen LogP contribution in [-0.4, -0.2) is 361 Å². The average Bonchev–Trinajstić information content (AvgIpc) is 0.698. The van der Waals surface area contributed by atoms with Gasteiger partial charge in [-0.15, -0.1) is 0 Å². The van der Waals surface area contributed by atoms with Gasteiger partial charge in [0.15, 0.2) is 18.9 Å². The normalized spacial score (nSPS) is 30.1. The highest BCUT2D eigenvalue weighted by atomic mass is 31.2. The van der Waals surface area contributed by atoms with Gasteiger partial charge in [0.2, 0.25) is 23.6 Å². The molecule has 6 aliphatic heterocycles. The number of likely N-dealkylation sites (tertiary alicyclic amines) is 3. The average molecular weight is 1640 g/mol. The summed E-state index contributed by atoms with van der Waals surface area (Å²) < 4.78 is 130. The highest BCUT2D eigenvalue weighted by Crippen LogP contribution is 2.48. The van der Waals surface area contributed by atoms with Gasteiger partial charge < -0.3 is 133 Å². The van der Waals surface area contributed by atoms with Gasteiger partial charge in [-0.1, -0.05) is 6.92 Å². The van der Waals surface area contributed by atoms with E-state index < -0.39 is 177 Å². The zero-order valence-corrected chi connectivity index (χ0v) is 65.6. The number of aliphatic hydroxyl groups is 9. The van der Waals surface area contributed by atoms with Crippen molar-refractivity contribution < 1.29 is 168 Å². The zero-order valence-electron chi connectivity index (χ0n) is 62.9. The zero-order chi connectivity index (χ0) is 79.7. The van der Waals surface area contributed by atoms with Gasteiger partial charge in [0.05, 0.1) is 90.5 Å². The van der Waals surface area contributed by atoms with E-state index in [4.69, 9.17) is 74.5 Å². The molecule has 14 N–H and O–H groups in total. The Hall–Kier alpha value is -2.59. The highest BCUT2D eigenvalue weighted by Gasteiger charge is 2.48. The van der Waals surface area contributed by atoms with Gasteiger partial charge in [0.1, 0.15) is 66.5 Å². The first kappa shape index (κ1) is 95.3. The lowest BCUT2D eigenvalue weighted by molar-refractivity contribution is -0.282. The third kappa shape index (κ3) is 33.1. The van der Waals surface area contributed by atoms with E-state index in [9.17, 15) is 93.5 Å². The first-order valence-corrected chi connectivity index (χ1v) is 42.2. The number of phosphoric acid groups is 3. The summed E-state index contributed by atoms with van der Waals surface area (Å²) in [5.74, 6) is -1.79. The Morgan fingerprint density at radius 2 is 0.826 bits per heavy atom. The lowest BCUT2D eigenvalue weighted by Gasteiger charge is -2.42. The van der Waals surface area contributed by atoms with E-state index >= 15 is 0 Å². The maximum atomic E-state index is 13.3. The lowest BCUT2D eigenvalue weighted by Crippen LogP contribution is -2.64. The first-order valence-electron chi connectivity index (χ1n) is 37.7.